The quantitative estimate of drug-likeness (QED) is 0.451. The van der Waals surface area contributed by atoms with E-state index in [1.54, 1.807) is 27.7 Å². The fourth-order valence-corrected chi connectivity index (χ4v) is 4.95. The van der Waals surface area contributed by atoms with Crippen LogP contribution in [-0.4, -0.2) is 25.8 Å². The Morgan fingerprint density at radius 3 is 1.59 bits per heavy atom. The minimum Gasteiger partial charge on any atom is -0.390 e. The Morgan fingerprint density at radius 1 is 0.852 bits per heavy atom. The van der Waals surface area contributed by atoms with Crippen LogP contribution in [0.2, 0.25) is 6.04 Å². The van der Waals surface area contributed by atoms with E-state index in [-0.39, 0.29) is 42.7 Å². The van der Waals surface area contributed by atoms with Crippen LogP contribution in [-0.2, 0) is 27.6 Å². The van der Waals surface area contributed by atoms with Crippen molar-refractivity contribution in [3.8, 4) is 0 Å². The van der Waals surface area contributed by atoms with Crippen LogP contribution in [0, 0.1) is 0 Å². The van der Waals surface area contributed by atoms with Crippen LogP contribution in [0.1, 0.15) is 50.8 Å². The highest BCUT2D eigenvalue weighted by Gasteiger charge is 2.39. The summed E-state index contributed by atoms with van der Waals surface area (Å²) in [4.78, 5) is 10.5. The molecule has 0 aliphatic rings. The number of hydrogen-bond acceptors (Lipinski definition) is 3. The zero-order valence-electron chi connectivity index (χ0n) is 15.5. The molecule has 0 bridgehead atoms. The summed E-state index contributed by atoms with van der Waals surface area (Å²) in [7, 11) is -3.57. The predicted molar refractivity (Wildman–Crippen MR) is 90.0 cm³/mol. The maximum absolute atomic E-state index is 12.9. The van der Waals surface area contributed by atoms with Crippen molar-refractivity contribution in [1.29, 1.82) is 0 Å². The first kappa shape index (κ1) is 23.9. The van der Waals surface area contributed by atoms with Crippen molar-refractivity contribution in [2.24, 2.45) is 0 Å². The highest BCUT2D eigenvalue weighted by atomic mass is 28.4. The molecule has 1 rings (SSSR count). The van der Waals surface area contributed by atoms with E-state index in [2.05, 4.69) is 0 Å². The normalized spacial score (nSPS) is 13.7. The Morgan fingerprint density at radius 2 is 1.26 bits per heavy atom. The Bertz CT molecular complexity index is 571. The van der Waals surface area contributed by atoms with Gasteiger partial charge in [-0.2, -0.15) is 26.3 Å². The highest BCUT2D eigenvalue weighted by Crippen LogP contribution is 2.36. The molecule has 0 aliphatic carbocycles. The molecule has 1 aromatic carbocycles. The largest absolute Gasteiger partial charge is 0.498 e. The van der Waals surface area contributed by atoms with E-state index >= 15 is 0 Å². The highest BCUT2D eigenvalue weighted by molar-refractivity contribution is 6.59. The Labute approximate surface area is 155 Å². The van der Waals surface area contributed by atoms with E-state index in [4.69, 9.17) is 8.85 Å². The van der Waals surface area contributed by atoms with Gasteiger partial charge in [0, 0.05) is 18.3 Å². The lowest BCUT2D eigenvalue weighted by Gasteiger charge is -2.28. The van der Waals surface area contributed by atoms with E-state index in [1.807, 2.05) is 0 Å². The van der Waals surface area contributed by atoms with Crippen molar-refractivity contribution >= 4 is 8.80 Å². The molecule has 0 unspecified atom stereocenters. The molecule has 0 amide bonds. The molecule has 1 aromatic rings. The summed E-state index contributed by atoms with van der Waals surface area (Å²) in [6.07, 6.45) is -10.4. The van der Waals surface area contributed by atoms with Gasteiger partial charge < -0.3 is 13.6 Å². The van der Waals surface area contributed by atoms with Crippen molar-refractivity contribution in [1.82, 2.24) is 0 Å². The molecule has 0 aliphatic heterocycles. The lowest BCUT2D eigenvalue weighted by molar-refractivity contribution is -0.143. The molecular weight excluding hydrogens is 394 g/mol. The summed E-state index contributed by atoms with van der Waals surface area (Å²) in [6, 6.07) is 1.52. The van der Waals surface area contributed by atoms with E-state index in [0.29, 0.717) is 12.1 Å². The first-order valence-corrected chi connectivity index (χ1v) is 10.5. The molecule has 156 valence electrons. The SMILES string of the molecule is CC(C)O[Si](O)(CCCc1cc(C(F)(F)F)cc(C(F)(F)F)c1)OC(C)C. The summed E-state index contributed by atoms with van der Waals surface area (Å²) in [6.45, 7) is 6.79. The number of hydrogen-bond donors (Lipinski definition) is 1. The van der Waals surface area contributed by atoms with Gasteiger partial charge in [0.05, 0.1) is 11.1 Å². The number of alkyl halides is 6. The Hall–Kier alpha value is -1.10. The van der Waals surface area contributed by atoms with Crippen molar-refractivity contribution in [2.75, 3.05) is 0 Å². The lowest BCUT2D eigenvalue weighted by atomic mass is 10.0. The van der Waals surface area contributed by atoms with Crippen molar-refractivity contribution in [3.05, 3.63) is 34.9 Å². The van der Waals surface area contributed by atoms with Crippen molar-refractivity contribution < 1.29 is 40.0 Å². The molecule has 1 N–H and O–H groups in total. The van der Waals surface area contributed by atoms with Gasteiger partial charge in [-0.05, 0) is 64.3 Å². The van der Waals surface area contributed by atoms with Gasteiger partial charge in [0.15, 0.2) is 0 Å². The minimum absolute atomic E-state index is 0.0287. The average Bonchev–Trinajstić information content (AvgIpc) is 2.43. The maximum Gasteiger partial charge on any atom is 0.498 e. The fraction of sp³-hybridized carbons (Fsp3) is 0.647. The third kappa shape index (κ3) is 8.20. The first-order chi connectivity index (χ1) is 12.1. The molecule has 0 atom stereocenters. The Balaban J connectivity index is 2.97. The summed E-state index contributed by atoms with van der Waals surface area (Å²) in [5.41, 5.74) is -2.81. The van der Waals surface area contributed by atoms with Crippen LogP contribution < -0.4 is 0 Å². The average molecular weight is 418 g/mol. The second-order valence-electron chi connectivity index (χ2n) is 6.81. The van der Waals surface area contributed by atoms with E-state index in [0.717, 1.165) is 0 Å². The van der Waals surface area contributed by atoms with Gasteiger partial charge in [0.25, 0.3) is 0 Å². The molecule has 0 aromatic heterocycles. The molecule has 27 heavy (non-hydrogen) atoms. The molecule has 0 saturated carbocycles. The van der Waals surface area contributed by atoms with Crippen LogP contribution in [0.3, 0.4) is 0 Å². The van der Waals surface area contributed by atoms with Crippen molar-refractivity contribution in [2.45, 2.75) is 71.1 Å². The molecule has 0 fully saturated rings. The van der Waals surface area contributed by atoms with E-state index in [1.165, 1.54) is 0 Å². The van der Waals surface area contributed by atoms with Gasteiger partial charge in [-0.1, -0.05) is 0 Å². The number of halogens is 6. The molecule has 0 radical (unpaired) electrons. The number of aryl methyl sites for hydroxylation is 1. The molecule has 3 nitrogen and oxygen atoms in total. The molecule has 10 heteroatoms. The second kappa shape index (κ2) is 8.93. The van der Waals surface area contributed by atoms with Crippen LogP contribution in [0.5, 0.6) is 0 Å². The van der Waals surface area contributed by atoms with E-state index in [9.17, 15) is 31.1 Å². The standard InChI is InChI=1S/C17H24F6O3Si/c1-11(2)25-27(24,26-12(3)4)7-5-6-13-8-14(16(18,19)20)10-15(9-13)17(21,22)23/h8-12,24H,5-7H2,1-4H3. The minimum atomic E-state index is -4.88. The monoisotopic (exact) mass is 418 g/mol. The third-order valence-corrected chi connectivity index (χ3v) is 6.11. The molecule has 0 saturated heterocycles. The topological polar surface area (TPSA) is 38.7 Å². The lowest BCUT2D eigenvalue weighted by Crippen LogP contribution is -2.46. The molecule has 0 heterocycles. The zero-order chi connectivity index (χ0) is 21.0. The summed E-state index contributed by atoms with van der Waals surface area (Å²) < 4.78 is 88.3. The predicted octanol–water partition coefficient (Wildman–Crippen LogP) is 5.44. The van der Waals surface area contributed by atoms with Crippen molar-refractivity contribution in [3.63, 3.8) is 0 Å². The van der Waals surface area contributed by atoms with Gasteiger partial charge in [0.1, 0.15) is 0 Å². The first-order valence-electron chi connectivity index (χ1n) is 8.49. The number of rotatable bonds is 8. The molecule has 0 spiro atoms. The third-order valence-electron chi connectivity index (χ3n) is 3.45. The Kier molecular flexibility index (Phi) is 7.92. The van der Waals surface area contributed by atoms with Crippen LogP contribution in [0.15, 0.2) is 18.2 Å². The maximum atomic E-state index is 12.9. The van der Waals surface area contributed by atoms with Gasteiger partial charge in [0.2, 0.25) is 0 Å². The summed E-state index contributed by atoms with van der Waals surface area (Å²) in [5.74, 6) is 0. The van der Waals surface area contributed by atoms with Crippen LogP contribution >= 0.6 is 0 Å². The van der Waals surface area contributed by atoms with Crippen LogP contribution in [0.25, 0.3) is 0 Å². The fourth-order valence-electron chi connectivity index (χ4n) is 2.56. The smallest absolute Gasteiger partial charge is 0.390 e. The van der Waals surface area contributed by atoms with Gasteiger partial charge in [-0.25, -0.2) is 0 Å². The van der Waals surface area contributed by atoms with Gasteiger partial charge in [-0.3, -0.25) is 0 Å². The van der Waals surface area contributed by atoms with Gasteiger partial charge in [-0.15, -0.1) is 0 Å². The zero-order valence-corrected chi connectivity index (χ0v) is 16.5. The summed E-state index contributed by atoms with van der Waals surface area (Å²) in [5, 5.41) is 0. The van der Waals surface area contributed by atoms with Gasteiger partial charge >= 0.3 is 21.2 Å². The van der Waals surface area contributed by atoms with Crippen LogP contribution in [0.4, 0.5) is 26.3 Å². The summed E-state index contributed by atoms with van der Waals surface area (Å²) >= 11 is 0. The van der Waals surface area contributed by atoms with E-state index < -0.39 is 32.3 Å². The molecular formula is C17H24F6O3Si. The second-order valence-corrected chi connectivity index (χ2v) is 9.21. The number of benzene rings is 1.